The van der Waals surface area contributed by atoms with Crippen LogP contribution < -0.4 is 0 Å². The van der Waals surface area contributed by atoms with Crippen LogP contribution in [0.4, 0.5) is 0 Å². The molecule has 70 valence electrons. The highest BCUT2D eigenvalue weighted by Gasteiger charge is 2.30. The topological polar surface area (TPSA) is 34.1 Å². The van der Waals surface area contributed by atoms with Crippen molar-refractivity contribution < 1.29 is 9.59 Å². The molecule has 13 heavy (non-hydrogen) atoms. The average Bonchev–Trinajstić information content (AvgIpc) is 2.19. The normalized spacial score (nSPS) is 20.8. The molecule has 0 saturated heterocycles. The summed E-state index contributed by atoms with van der Waals surface area (Å²) in [7, 11) is 0. The fourth-order valence-electron chi connectivity index (χ4n) is 1.44. The van der Waals surface area contributed by atoms with Crippen LogP contribution in [0.2, 0.25) is 0 Å². The number of hydrogen-bond acceptors (Lipinski definition) is 2. The molecule has 0 amide bonds. The van der Waals surface area contributed by atoms with Crippen molar-refractivity contribution in [2.45, 2.75) is 27.2 Å². The van der Waals surface area contributed by atoms with E-state index in [1.165, 1.54) is 13.0 Å². The summed E-state index contributed by atoms with van der Waals surface area (Å²) in [6.07, 6.45) is 5.42. The molecule has 0 N–H and O–H groups in total. The molecule has 1 aliphatic carbocycles. The lowest BCUT2D eigenvalue weighted by atomic mass is 9.85. The Hall–Kier alpha value is -1.18. The summed E-state index contributed by atoms with van der Waals surface area (Å²) in [5.41, 5.74) is 0.843. The molecule has 0 aromatic carbocycles. The maximum atomic E-state index is 11.1. The van der Waals surface area contributed by atoms with Gasteiger partial charge in [-0.05, 0) is 30.1 Å². The Labute approximate surface area is 78.3 Å². The number of allylic oxidation sites excluding steroid dienone is 4. The summed E-state index contributed by atoms with van der Waals surface area (Å²) in [5, 5.41) is 0. The molecule has 0 aromatic rings. The van der Waals surface area contributed by atoms with Crippen LogP contribution in [0, 0.1) is 5.41 Å². The Balaban J connectivity index is 2.85. The number of rotatable bonds is 2. The van der Waals surface area contributed by atoms with Gasteiger partial charge < -0.3 is 0 Å². The van der Waals surface area contributed by atoms with Gasteiger partial charge in [-0.3, -0.25) is 9.59 Å². The first-order valence-electron chi connectivity index (χ1n) is 4.35. The van der Waals surface area contributed by atoms with Crippen LogP contribution in [-0.4, -0.2) is 11.6 Å². The molecule has 0 atom stereocenters. The maximum absolute atomic E-state index is 11.1. The van der Waals surface area contributed by atoms with E-state index in [1.54, 1.807) is 12.2 Å². The van der Waals surface area contributed by atoms with Crippen molar-refractivity contribution in [3.8, 4) is 0 Å². The van der Waals surface area contributed by atoms with Gasteiger partial charge in [-0.1, -0.05) is 19.9 Å². The number of carbonyl (C=O) groups excluding carboxylic acids is 2. The molecular formula is C11H14O2. The lowest BCUT2D eigenvalue weighted by Crippen LogP contribution is -2.10. The van der Waals surface area contributed by atoms with E-state index < -0.39 is 0 Å². The van der Waals surface area contributed by atoms with Crippen LogP contribution in [0.5, 0.6) is 0 Å². The Kier molecular flexibility index (Phi) is 2.50. The molecule has 0 heterocycles. The van der Waals surface area contributed by atoms with E-state index in [9.17, 15) is 9.59 Å². The molecule has 1 aliphatic rings. The van der Waals surface area contributed by atoms with Crippen LogP contribution in [0.25, 0.3) is 0 Å². The third kappa shape index (κ3) is 2.38. The fraction of sp³-hybridized carbons (Fsp3) is 0.455. The minimum Gasteiger partial charge on any atom is -0.295 e. The van der Waals surface area contributed by atoms with Crippen LogP contribution in [0.15, 0.2) is 23.8 Å². The summed E-state index contributed by atoms with van der Waals surface area (Å²) in [5.74, 6) is 0.157. The van der Waals surface area contributed by atoms with Crippen LogP contribution in [0.3, 0.4) is 0 Å². The predicted octanol–water partition coefficient (Wildman–Crippen LogP) is 2.06. The fourth-order valence-corrected chi connectivity index (χ4v) is 1.44. The van der Waals surface area contributed by atoms with E-state index >= 15 is 0 Å². The monoisotopic (exact) mass is 178 g/mol. The first-order valence-corrected chi connectivity index (χ1v) is 4.35. The lowest BCUT2D eigenvalue weighted by molar-refractivity contribution is -0.115. The van der Waals surface area contributed by atoms with E-state index in [2.05, 4.69) is 0 Å². The third-order valence-corrected chi connectivity index (χ3v) is 2.21. The maximum Gasteiger partial charge on any atom is 0.156 e. The molecule has 1 rings (SSSR count). The number of carbonyl (C=O) groups is 2. The van der Waals surface area contributed by atoms with Gasteiger partial charge in [0.25, 0.3) is 0 Å². The molecule has 0 unspecified atom stereocenters. The zero-order valence-electron chi connectivity index (χ0n) is 8.26. The van der Waals surface area contributed by atoms with Gasteiger partial charge in [-0.15, -0.1) is 0 Å². The largest absolute Gasteiger partial charge is 0.295 e. The van der Waals surface area contributed by atoms with Crippen molar-refractivity contribution in [2.24, 2.45) is 5.41 Å². The standard InChI is InChI=1S/C11H14O2/c1-8(12)4-5-9-6-10(13)7-11(9,2)3/h4-6H,7H2,1-3H3/b5-4+. The summed E-state index contributed by atoms with van der Waals surface area (Å²) >= 11 is 0. The smallest absolute Gasteiger partial charge is 0.156 e. The van der Waals surface area contributed by atoms with Crippen molar-refractivity contribution in [1.82, 2.24) is 0 Å². The summed E-state index contributed by atoms with van der Waals surface area (Å²) in [6, 6.07) is 0. The second kappa shape index (κ2) is 3.29. The highest BCUT2D eigenvalue weighted by atomic mass is 16.1. The van der Waals surface area contributed by atoms with Crippen LogP contribution in [0.1, 0.15) is 27.2 Å². The van der Waals surface area contributed by atoms with Crippen molar-refractivity contribution in [3.63, 3.8) is 0 Å². The van der Waals surface area contributed by atoms with E-state index in [-0.39, 0.29) is 17.0 Å². The van der Waals surface area contributed by atoms with Crippen molar-refractivity contribution in [1.29, 1.82) is 0 Å². The van der Waals surface area contributed by atoms with Gasteiger partial charge in [0.1, 0.15) is 0 Å². The van der Waals surface area contributed by atoms with E-state index in [0.29, 0.717) is 6.42 Å². The van der Waals surface area contributed by atoms with Gasteiger partial charge in [0.15, 0.2) is 11.6 Å². The average molecular weight is 178 g/mol. The molecule has 0 saturated carbocycles. The summed E-state index contributed by atoms with van der Waals surface area (Å²) in [4.78, 5) is 21.8. The third-order valence-electron chi connectivity index (χ3n) is 2.21. The highest BCUT2D eigenvalue weighted by molar-refractivity contribution is 5.95. The van der Waals surface area contributed by atoms with Crippen molar-refractivity contribution in [3.05, 3.63) is 23.8 Å². The zero-order chi connectivity index (χ0) is 10.1. The second-order valence-corrected chi connectivity index (χ2v) is 4.07. The Morgan fingerprint density at radius 1 is 1.54 bits per heavy atom. The highest BCUT2D eigenvalue weighted by Crippen LogP contribution is 2.36. The molecular weight excluding hydrogens is 164 g/mol. The van der Waals surface area contributed by atoms with Gasteiger partial charge >= 0.3 is 0 Å². The minimum absolute atomic E-state index is 0.0102. The molecule has 0 radical (unpaired) electrons. The molecule has 0 fully saturated rings. The van der Waals surface area contributed by atoms with E-state index in [0.717, 1.165) is 5.57 Å². The SMILES string of the molecule is CC(=O)/C=C/C1=CC(=O)CC1(C)C. The van der Waals surface area contributed by atoms with Gasteiger partial charge in [-0.2, -0.15) is 0 Å². The van der Waals surface area contributed by atoms with Crippen LogP contribution in [-0.2, 0) is 9.59 Å². The van der Waals surface area contributed by atoms with Gasteiger partial charge in [-0.25, -0.2) is 0 Å². The quantitative estimate of drug-likeness (QED) is 0.606. The van der Waals surface area contributed by atoms with E-state index in [4.69, 9.17) is 0 Å². The lowest BCUT2D eigenvalue weighted by Gasteiger charge is -2.18. The first-order chi connectivity index (χ1) is 5.92. The Morgan fingerprint density at radius 2 is 2.15 bits per heavy atom. The molecule has 2 nitrogen and oxygen atoms in total. The van der Waals surface area contributed by atoms with Gasteiger partial charge in [0, 0.05) is 6.42 Å². The summed E-state index contributed by atoms with van der Waals surface area (Å²) < 4.78 is 0. The molecule has 0 bridgehead atoms. The molecule has 2 heteroatoms. The predicted molar refractivity (Wildman–Crippen MR) is 51.3 cm³/mol. The van der Waals surface area contributed by atoms with Gasteiger partial charge in [0.05, 0.1) is 0 Å². The zero-order valence-corrected chi connectivity index (χ0v) is 8.26. The number of ketones is 2. The molecule has 0 spiro atoms. The Morgan fingerprint density at radius 3 is 2.54 bits per heavy atom. The van der Waals surface area contributed by atoms with E-state index in [1.807, 2.05) is 13.8 Å². The second-order valence-electron chi connectivity index (χ2n) is 4.07. The first kappa shape index (κ1) is 9.90. The molecule has 0 aromatic heterocycles. The Bertz CT molecular complexity index is 306. The summed E-state index contributed by atoms with van der Waals surface area (Å²) in [6.45, 7) is 5.52. The molecule has 0 aliphatic heterocycles. The number of hydrogen-bond donors (Lipinski definition) is 0. The van der Waals surface area contributed by atoms with Crippen molar-refractivity contribution in [2.75, 3.05) is 0 Å². The van der Waals surface area contributed by atoms with Crippen LogP contribution >= 0.6 is 0 Å². The van der Waals surface area contributed by atoms with Gasteiger partial charge in [0.2, 0.25) is 0 Å². The minimum atomic E-state index is -0.108. The van der Waals surface area contributed by atoms with Crippen molar-refractivity contribution >= 4 is 11.6 Å².